The number of hydrogen-bond donors (Lipinski definition) is 1. The van der Waals surface area contributed by atoms with Crippen LogP contribution in [-0.4, -0.2) is 9.55 Å². The van der Waals surface area contributed by atoms with Gasteiger partial charge in [-0.3, -0.25) is 0 Å². The van der Waals surface area contributed by atoms with Gasteiger partial charge in [0.2, 0.25) is 0 Å². The van der Waals surface area contributed by atoms with E-state index < -0.39 is 0 Å². The fraction of sp³-hybridized carbons (Fsp3) is 0.812. The van der Waals surface area contributed by atoms with Gasteiger partial charge in [0.15, 0.2) is 0 Å². The van der Waals surface area contributed by atoms with Crippen molar-refractivity contribution in [2.75, 3.05) is 5.73 Å². The van der Waals surface area contributed by atoms with Crippen LogP contribution in [0.5, 0.6) is 0 Å². The molecule has 0 bridgehead atoms. The van der Waals surface area contributed by atoms with E-state index in [0.717, 1.165) is 36.7 Å². The number of nitrogens with zero attached hydrogens (tertiary/aromatic N) is 2. The van der Waals surface area contributed by atoms with Crippen LogP contribution in [0.15, 0.2) is 0 Å². The second-order valence-corrected chi connectivity index (χ2v) is 6.48. The summed E-state index contributed by atoms with van der Waals surface area (Å²) in [4.78, 5) is 4.84. The summed E-state index contributed by atoms with van der Waals surface area (Å²) >= 11 is 0. The minimum absolute atomic E-state index is 0.0604. The van der Waals surface area contributed by atoms with Gasteiger partial charge in [-0.05, 0) is 19.3 Å². The van der Waals surface area contributed by atoms with E-state index in [-0.39, 0.29) is 5.41 Å². The third-order valence-electron chi connectivity index (χ3n) is 3.51. The maximum absolute atomic E-state index is 6.32. The Hall–Kier alpha value is -0.990. The number of aryl methyl sites for hydroxylation is 1. The average molecular weight is 265 g/mol. The van der Waals surface area contributed by atoms with E-state index in [4.69, 9.17) is 10.7 Å². The van der Waals surface area contributed by atoms with E-state index in [1.165, 1.54) is 25.7 Å². The zero-order valence-electron chi connectivity index (χ0n) is 13.4. The van der Waals surface area contributed by atoms with Crippen molar-refractivity contribution in [3.05, 3.63) is 11.5 Å². The average Bonchev–Trinajstić information content (AvgIpc) is 2.64. The van der Waals surface area contributed by atoms with E-state index in [9.17, 15) is 0 Å². The molecule has 0 saturated heterocycles. The molecule has 0 aliphatic heterocycles. The van der Waals surface area contributed by atoms with Crippen LogP contribution < -0.4 is 5.73 Å². The van der Waals surface area contributed by atoms with Crippen molar-refractivity contribution in [3.63, 3.8) is 0 Å². The predicted octanol–water partition coefficient (Wildman–Crippen LogP) is 4.30. The molecule has 3 nitrogen and oxygen atoms in total. The van der Waals surface area contributed by atoms with Gasteiger partial charge in [0.25, 0.3) is 0 Å². The van der Waals surface area contributed by atoms with Crippen molar-refractivity contribution in [2.45, 2.75) is 85.1 Å². The first-order valence-electron chi connectivity index (χ1n) is 7.77. The van der Waals surface area contributed by atoms with Gasteiger partial charge in [0, 0.05) is 12.0 Å². The summed E-state index contributed by atoms with van der Waals surface area (Å²) in [5.41, 5.74) is 7.49. The lowest BCUT2D eigenvalue weighted by Crippen LogP contribution is -2.20. The van der Waals surface area contributed by atoms with E-state index in [1.807, 2.05) is 0 Å². The number of anilines is 1. The van der Waals surface area contributed by atoms with Gasteiger partial charge in [-0.1, -0.05) is 53.9 Å². The van der Waals surface area contributed by atoms with E-state index in [0.29, 0.717) is 0 Å². The van der Waals surface area contributed by atoms with Crippen LogP contribution in [0, 0.1) is 0 Å². The molecule has 0 amide bonds. The van der Waals surface area contributed by atoms with Gasteiger partial charge < -0.3 is 10.3 Å². The predicted molar refractivity (Wildman–Crippen MR) is 83.5 cm³/mol. The van der Waals surface area contributed by atoms with Gasteiger partial charge >= 0.3 is 0 Å². The van der Waals surface area contributed by atoms with Gasteiger partial charge in [-0.15, -0.1) is 0 Å². The Kier molecular flexibility index (Phi) is 5.89. The molecule has 0 radical (unpaired) electrons. The Morgan fingerprint density at radius 2 is 1.68 bits per heavy atom. The Morgan fingerprint density at radius 1 is 1.05 bits per heavy atom. The monoisotopic (exact) mass is 265 g/mol. The summed E-state index contributed by atoms with van der Waals surface area (Å²) in [6, 6.07) is 0. The SMILES string of the molecule is CCCCCc1nc(C(C)(C)C)n(CCCC)c1N. The molecular formula is C16H31N3. The molecule has 0 spiro atoms. The van der Waals surface area contributed by atoms with Crippen molar-refractivity contribution < 1.29 is 0 Å². The molecule has 1 aromatic rings. The first-order chi connectivity index (χ1) is 8.91. The van der Waals surface area contributed by atoms with E-state index in [1.54, 1.807) is 0 Å². The highest BCUT2D eigenvalue weighted by Gasteiger charge is 2.24. The van der Waals surface area contributed by atoms with Gasteiger partial charge in [0.05, 0.1) is 5.69 Å². The van der Waals surface area contributed by atoms with Crippen LogP contribution in [0.2, 0.25) is 0 Å². The summed E-state index contributed by atoms with van der Waals surface area (Å²) in [7, 11) is 0. The third kappa shape index (κ3) is 4.26. The molecule has 1 heterocycles. The maximum atomic E-state index is 6.32. The molecule has 0 saturated carbocycles. The molecule has 3 heteroatoms. The van der Waals surface area contributed by atoms with Gasteiger partial charge in [-0.2, -0.15) is 0 Å². The summed E-state index contributed by atoms with van der Waals surface area (Å²) in [5.74, 6) is 2.04. The number of aromatic nitrogens is 2. The molecule has 0 aliphatic carbocycles. The molecule has 0 aliphatic rings. The first-order valence-corrected chi connectivity index (χ1v) is 7.77. The van der Waals surface area contributed by atoms with Crippen molar-refractivity contribution in [1.29, 1.82) is 0 Å². The third-order valence-corrected chi connectivity index (χ3v) is 3.51. The first kappa shape index (κ1) is 16.1. The zero-order valence-corrected chi connectivity index (χ0v) is 13.4. The fourth-order valence-electron chi connectivity index (χ4n) is 2.36. The van der Waals surface area contributed by atoms with Crippen molar-refractivity contribution in [1.82, 2.24) is 9.55 Å². The number of hydrogen-bond acceptors (Lipinski definition) is 2. The van der Waals surface area contributed by atoms with Crippen molar-refractivity contribution in [2.24, 2.45) is 0 Å². The summed E-state index contributed by atoms with van der Waals surface area (Å²) < 4.78 is 2.24. The number of unbranched alkanes of at least 4 members (excludes halogenated alkanes) is 3. The Bertz CT molecular complexity index is 385. The number of nitrogens with two attached hydrogens (primary N) is 1. The molecule has 1 aromatic heterocycles. The minimum atomic E-state index is 0.0604. The maximum Gasteiger partial charge on any atom is 0.126 e. The molecule has 0 unspecified atom stereocenters. The lowest BCUT2D eigenvalue weighted by atomic mass is 9.95. The van der Waals surface area contributed by atoms with Crippen molar-refractivity contribution >= 4 is 5.82 Å². The highest BCUT2D eigenvalue weighted by Crippen LogP contribution is 2.27. The van der Waals surface area contributed by atoms with Crippen LogP contribution in [0.25, 0.3) is 0 Å². The van der Waals surface area contributed by atoms with Crippen LogP contribution in [0.1, 0.15) is 78.2 Å². The fourth-order valence-corrected chi connectivity index (χ4v) is 2.36. The molecular weight excluding hydrogens is 234 g/mol. The Morgan fingerprint density at radius 3 is 2.21 bits per heavy atom. The molecule has 1 rings (SSSR count). The van der Waals surface area contributed by atoms with Crippen molar-refractivity contribution in [3.8, 4) is 0 Å². The van der Waals surface area contributed by atoms with Crippen LogP contribution >= 0.6 is 0 Å². The number of rotatable bonds is 7. The second kappa shape index (κ2) is 6.97. The standard InChI is InChI=1S/C16H31N3/c1-6-8-10-11-13-14(17)19(12-9-7-2)15(18-13)16(3,4)5/h6-12,17H2,1-5H3. The van der Waals surface area contributed by atoms with E-state index in [2.05, 4.69) is 39.2 Å². The Balaban J connectivity index is 2.97. The van der Waals surface area contributed by atoms with Crippen LogP contribution in [0.3, 0.4) is 0 Å². The molecule has 19 heavy (non-hydrogen) atoms. The molecule has 0 aromatic carbocycles. The van der Waals surface area contributed by atoms with E-state index >= 15 is 0 Å². The second-order valence-electron chi connectivity index (χ2n) is 6.48. The van der Waals surface area contributed by atoms with Gasteiger partial charge in [0.1, 0.15) is 11.6 Å². The highest BCUT2D eigenvalue weighted by molar-refractivity contribution is 5.39. The number of nitrogen functional groups attached to an aromatic ring is 1. The lowest BCUT2D eigenvalue weighted by molar-refractivity contribution is 0.490. The molecule has 0 atom stereocenters. The zero-order chi connectivity index (χ0) is 14.5. The topological polar surface area (TPSA) is 43.8 Å². The summed E-state index contributed by atoms with van der Waals surface area (Å²) in [6.07, 6.45) is 7.05. The summed E-state index contributed by atoms with van der Waals surface area (Å²) in [6.45, 7) is 12.1. The minimum Gasteiger partial charge on any atom is -0.384 e. The molecule has 0 fully saturated rings. The highest BCUT2D eigenvalue weighted by atomic mass is 15.1. The quantitative estimate of drug-likeness (QED) is 0.747. The van der Waals surface area contributed by atoms with Crippen LogP contribution in [-0.2, 0) is 18.4 Å². The molecule has 2 N–H and O–H groups in total. The number of imidazole rings is 1. The molecule has 110 valence electrons. The summed E-state index contributed by atoms with van der Waals surface area (Å²) in [5, 5.41) is 0. The Labute approximate surface area is 118 Å². The normalized spacial score (nSPS) is 12.1. The lowest BCUT2D eigenvalue weighted by Gasteiger charge is -2.20. The largest absolute Gasteiger partial charge is 0.384 e. The smallest absolute Gasteiger partial charge is 0.126 e. The van der Waals surface area contributed by atoms with Crippen LogP contribution in [0.4, 0.5) is 5.82 Å². The van der Waals surface area contributed by atoms with Gasteiger partial charge in [-0.25, -0.2) is 4.98 Å².